The van der Waals surface area contributed by atoms with E-state index in [9.17, 15) is 10.1 Å². The SMILES string of the molecule is CCC(Sc1cccc(NC(=S)Nc2ccccc2)c1)C(=O)Nc1sc2c(c1C#N)CCC(C(C)(C)C)C2. The van der Waals surface area contributed by atoms with E-state index in [1.54, 1.807) is 11.3 Å². The highest BCUT2D eigenvalue weighted by Gasteiger charge is 2.33. The van der Waals surface area contributed by atoms with E-state index in [2.05, 4.69) is 42.8 Å². The van der Waals surface area contributed by atoms with E-state index in [0.717, 1.165) is 41.1 Å². The Morgan fingerprint density at radius 2 is 1.84 bits per heavy atom. The van der Waals surface area contributed by atoms with Crippen LogP contribution in [0.1, 0.15) is 56.5 Å². The lowest BCUT2D eigenvalue weighted by Gasteiger charge is -2.33. The van der Waals surface area contributed by atoms with Crippen molar-refractivity contribution in [2.24, 2.45) is 11.3 Å². The Kier molecular flexibility index (Phi) is 9.14. The summed E-state index contributed by atoms with van der Waals surface area (Å²) < 4.78 is 0. The number of thiophene rings is 1. The Morgan fingerprint density at radius 1 is 1.13 bits per heavy atom. The van der Waals surface area contributed by atoms with Crippen molar-refractivity contribution in [2.45, 2.75) is 63.5 Å². The van der Waals surface area contributed by atoms with Crippen LogP contribution in [0.3, 0.4) is 0 Å². The van der Waals surface area contributed by atoms with Crippen molar-refractivity contribution in [3.8, 4) is 6.07 Å². The number of carbonyl (C=O) groups is 1. The summed E-state index contributed by atoms with van der Waals surface area (Å²) >= 11 is 8.56. The fourth-order valence-corrected chi connectivity index (χ4v) is 7.20. The molecule has 1 heterocycles. The number of thiocarbonyl (C=S) groups is 1. The van der Waals surface area contributed by atoms with E-state index < -0.39 is 0 Å². The van der Waals surface area contributed by atoms with Crippen LogP contribution in [0.15, 0.2) is 59.5 Å². The highest BCUT2D eigenvalue weighted by atomic mass is 32.2. The molecule has 0 saturated carbocycles. The number of fused-ring (bicyclic) bond motifs is 1. The van der Waals surface area contributed by atoms with Crippen LogP contribution in [-0.4, -0.2) is 16.3 Å². The zero-order chi connectivity index (χ0) is 27.3. The number of nitriles is 1. The summed E-state index contributed by atoms with van der Waals surface area (Å²) in [6.45, 7) is 8.86. The van der Waals surface area contributed by atoms with Crippen LogP contribution >= 0.6 is 35.3 Å². The molecular formula is C30H34N4OS3. The number of thioether (sulfide) groups is 1. The van der Waals surface area contributed by atoms with Crippen LogP contribution in [0.2, 0.25) is 0 Å². The molecule has 4 rings (SSSR count). The lowest BCUT2D eigenvalue weighted by Crippen LogP contribution is -2.26. The number of para-hydroxylation sites is 1. The number of rotatable bonds is 7. The molecule has 38 heavy (non-hydrogen) atoms. The Labute approximate surface area is 239 Å². The zero-order valence-electron chi connectivity index (χ0n) is 22.3. The number of nitrogens with zero attached hydrogens (tertiary/aromatic N) is 1. The van der Waals surface area contributed by atoms with Crippen LogP contribution in [-0.2, 0) is 17.6 Å². The van der Waals surface area contributed by atoms with Gasteiger partial charge in [-0.1, -0.05) is 52.0 Å². The van der Waals surface area contributed by atoms with E-state index in [1.165, 1.54) is 16.6 Å². The lowest BCUT2D eigenvalue weighted by atomic mass is 9.72. The Hall–Kier alpha value is -2.86. The second-order valence-corrected chi connectivity index (χ2v) is 13.4. The average Bonchev–Trinajstić information content (AvgIpc) is 3.23. The van der Waals surface area contributed by atoms with Crippen molar-refractivity contribution < 1.29 is 4.79 Å². The Morgan fingerprint density at radius 3 is 2.53 bits per heavy atom. The summed E-state index contributed by atoms with van der Waals surface area (Å²) in [5.41, 5.74) is 3.78. The monoisotopic (exact) mass is 562 g/mol. The summed E-state index contributed by atoms with van der Waals surface area (Å²) in [7, 11) is 0. The van der Waals surface area contributed by atoms with Crippen molar-refractivity contribution in [2.75, 3.05) is 16.0 Å². The number of hydrogen-bond acceptors (Lipinski definition) is 5. The molecule has 0 aliphatic heterocycles. The normalized spacial score (nSPS) is 15.6. The van der Waals surface area contributed by atoms with E-state index >= 15 is 0 Å². The number of carbonyl (C=O) groups excluding carboxylic acids is 1. The minimum atomic E-state index is -0.285. The molecule has 0 bridgehead atoms. The van der Waals surface area contributed by atoms with E-state index in [4.69, 9.17) is 12.2 Å². The van der Waals surface area contributed by atoms with Gasteiger partial charge in [0.1, 0.15) is 11.1 Å². The number of amides is 1. The molecule has 0 saturated heterocycles. The molecule has 8 heteroatoms. The van der Waals surface area contributed by atoms with Gasteiger partial charge in [0.15, 0.2) is 5.11 Å². The van der Waals surface area contributed by atoms with Crippen molar-refractivity contribution in [1.29, 1.82) is 5.26 Å². The van der Waals surface area contributed by atoms with Gasteiger partial charge in [-0.05, 0) is 85.1 Å². The van der Waals surface area contributed by atoms with Crippen molar-refractivity contribution in [3.63, 3.8) is 0 Å². The van der Waals surface area contributed by atoms with Gasteiger partial charge in [-0.15, -0.1) is 23.1 Å². The van der Waals surface area contributed by atoms with Crippen molar-refractivity contribution in [1.82, 2.24) is 0 Å². The van der Waals surface area contributed by atoms with Gasteiger partial charge in [-0.3, -0.25) is 4.79 Å². The second-order valence-electron chi connectivity index (χ2n) is 10.6. The molecule has 0 fully saturated rings. The summed E-state index contributed by atoms with van der Waals surface area (Å²) in [5, 5.41) is 20.3. The minimum absolute atomic E-state index is 0.0698. The predicted octanol–water partition coefficient (Wildman–Crippen LogP) is 8.09. The fourth-order valence-electron chi connectivity index (χ4n) is 4.67. The standard InChI is InChI=1S/C30H34N4OS3/c1-5-25(37-22-13-9-12-21(17-22)33-29(36)32-20-10-7-6-8-11-20)27(35)34-28-24(18-31)23-15-14-19(30(2,3)4)16-26(23)38-28/h6-13,17,19,25H,5,14-16H2,1-4H3,(H,34,35)(H2,32,33,36). The van der Waals surface area contributed by atoms with Crippen molar-refractivity contribution in [3.05, 3.63) is 70.6 Å². The van der Waals surface area contributed by atoms with E-state index in [-0.39, 0.29) is 16.6 Å². The number of hydrogen-bond donors (Lipinski definition) is 3. The topological polar surface area (TPSA) is 76.9 Å². The summed E-state index contributed by atoms with van der Waals surface area (Å²) in [6.07, 6.45) is 3.62. The second kappa shape index (κ2) is 12.3. The third-order valence-corrected chi connectivity index (χ3v) is 9.64. The van der Waals surface area contributed by atoms with Gasteiger partial charge in [0.05, 0.1) is 10.8 Å². The molecule has 1 aromatic heterocycles. The van der Waals surface area contributed by atoms with E-state index in [1.807, 2.05) is 61.5 Å². The molecule has 198 valence electrons. The molecule has 1 aliphatic carbocycles. The highest BCUT2D eigenvalue weighted by molar-refractivity contribution is 8.00. The van der Waals surface area contributed by atoms with Gasteiger partial charge in [0.25, 0.3) is 0 Å². The number of anilines is 3. The van der Waals surface area contributed by atoms with Gasteiger partial charge in [-0.25, -0.2) is 0 Å². The summed E-state index contributed by atoms with van der Waals surface area (Å²) in [4.78, 5) is 15.6. The van der Waals surface area contributed by atoms with E-state index in [0.29, 0.717) is 28.0 Å². The molecule has 3 aromatic rings. The molecule has 1 aliphatic rings. The molecule has 1 amide bonds. The van der Waals surface area contributed by atoms with Crippen LogP contribution < -0.4 is 16.0 Å². The first-order chi connectivity index (χ1) is 18.2. The van der Waals surface area contributed by atoms with Crippen LogP contribution in [0.4, 0.5) is 16.4 Å². The minimum Gasteiger partial charge on any atom is -0.332 e. The molecule has 0 spiro atoms. The maximum absolute atomic E-state index is 13.3. The first-order valence-electron chi connectivity index (χ1n) is 12.9. The molecule has 2 atom stereocenters. The Balaban J connectivity index is 1.42. The molecule has 5 nitrogen and oxygen atoms in total. The maximum Gasteiger partial charge on any atom is 0.238 e. The molecule has 2 aromatic carbocycles. The van der Waals surface area contributed by atoms with Crippen LogP contribution in [0.5, 0.6) is 0 Å². The van der Waals surface area contributed by atoms with Gasteiger partial charge in [-0.2, -0.15) is 5.26 Å². The first-order valence-corrected chi connectivity index (χ1v) is 15.0. The first kappa shape index (κ1) is 28.2. The van der Waals surface area contributed by atoms with Gasteiger partial charge in [0, 0.05) is 21.1 Å². The summed E-state index contributed by atoms with van der Waals surface area (Å²) in [5.74, 6) is 0.513. The fraction of sp³-hybridized carbons (Fsp3) is 0.367. The maximum atomic E-state index is 13.3. The van der Waals surface area contributed by atoms with Crippen LogP contribution in [0.25, 0.3) is 0 Å². The third kappa shape index (κ3) is 6.96. The summed E-state index contributed by atoms with van der Waals surface area (Å²) in [6, 6.07) is 20.0. The van der Waals surface area contributed by atoms with Crippen LogP contribution in [0, 0.1) is 22.7 Å². The van der Waals surface area contributed by atoms with Crippen molar-refractivity contribution >= 4 is 62.7 Å². The molecular weight excluding hydrogens is 529 g/mol. The lowest BCUT2D eigenvalue weighted by molar-refractivity contribution is -0.115. The molecule has 3 N–H and O–H groups in total. The van der Waals surface area contributed by atoms with Gasteiger partial charge in [0.2, 0.25) is 5.91 Å². The molecule has 2 unspecified atom stereocenters. The van der Waals surface area contributed by atoms with Gasteiger partial charge >= 0.3 is 0 Å². The number of benzene rings is 2. The Bertz CT molecular complexity index is 1340. The smallest absolute Gasteiger partial charge is 0.238 e. The predicted molar refractivity (Wildman–Crippen MR) is 165 cm³/mol. The molecule has 0 radical (unpaired) electrons. The zero-order valence-corrected chi connectivity index (χ0v) is 24.7. The van der Waals surface area contributed by atoms with Gasteiger partial charge < -0.3 is 16.0 Å². The largest absolute Gasteiger partial charge is 0.332 e. The third-order valence-electron chi connectivity index (χ3n) is 6.90. The number of nitrogens with one attached hydrogen (secondary N) is 3. The highest BCUT2D eigenvalue weighted by Crippen LogP contribution is 2.44. The quantitative estimate of drug-likeness (QED) is 0.200. The average molecular weight is 563 g/mol.